The summed E-state index contributed by atoms with van der Waals surface area (Å²) in [6.07, 6.45) is 2.77. The number of hydrogen-bond donors (Lipinski definition) is 2. The molecular formula is C7H11NO2. The summed E-state index contributed by atoms with van der Waals surface area (Å²) in [6, 6.07) is 0. The van der Waals surface area contributed by atoms with Crippen molar-refractivity contribution < 1.29 is 9.90 Å². The van der Waals surface area contributed by atoms with Gasteiger partial charge in [-0.15, -0.1) is 0 Å². The Balaban J connectivity index is 2.23. The smallest absolute Gasteiger partial charge is 0.323 e. The predicted molar refractivity (Wildman–Crippen MR) is 35.7 cm³/mol. The molecule has 1 heterocycles. The van der Waals surface area contributed by atoms with Crippen molar-refractivity contribution in [3.05, 3.63) is 0 Å². The number of fused-ring (bicyclic) bond motifs is 2. The van der Waals surface area contributed by atoms with Crippen molar-refractivity contribution in [2.75, 3.05) is 6.54 Å². The first-order chi connectivity index (χ1) is 4.73. The average Bonchev–Trinajstić information content (AvgIpc) is 2.45. The molecule has 0 spiro atoms. The molecule has 1 aliphatic heterocycles. The van der Waals surface area contributed by atoms with Gasteiger partial charge in [0.15, 0.2) is 0 Å². The second-order valence-corrected chi connectivity index (χ2v) is 3.38. The summed E-state index contributed by atoms with van der Waals surface area (Å²) in [4.78, 5) is 10.7. The zero-order valence-electron chi connectivity index (χ0n) is 5.76. The lowest BCUT2D eigenvalue weighted by molar-refractivity contribution is -0.144. The third-order valence-corrected chi connectivity index (χ3v) is 2.76. The van der Waals surface area contributed by atoms with Gasteiger partial charge in [0.2, 0.25) is 0 Å². The lowest BCUT2D eigenvalue weighted by atomic mass is 10.0. The number of rotatable bonds is 1. The zero-order valence-corrected chi connectivity index (χ0v) is 5.76. The van der Waals surface area contributed by atoms with Crippen molar-refractivity contribution in [2.45, 2.75) is 24.8 Å². The normalized spacial score (nSPS) is 44.2. The maximum absolute atomic E-state index is 10.7. The number of nitrogens with one attached hydrogen (secondary N) is 1. The van der Waals surface area contributed by atoms with E-state index in [2.05, 4.69) is 5.32 Å². The molecule has 0 radical (unpaired) electrons. The third-order valence-electron chi connectivity index (χ3n) is 2.76. The van der Waals surface area contributed by atoms with Crippen LogP contribution < -0.4 is 5.32 Å². The van der Waals surface area contributed by atoms with Crippen LogP contribution in [0.1, 0.15) is 19.3 Å². The minimum absolute atomic E-state index is 0.523. The quantitative estimate of drug-likeness (QED) is 0.549. The van der Waals surface area contributed by atoms with Gasteiger partial charge < -0.3 is 10.4 Å². The molecule has 1 saturated carbocycles. The van der Waals surface area contributed by atoms with Gasteiger partial charge in [-0.25, -0.2) is 0 Å². The summed E-state index contributed by atoms with van der Waals surface area (Å²) >= 11 is 0. The van der Waals surface area contributed by atoms with Crippen LogP contribution in [0.5, 0.6) is 0 Å². The summed E-state index contributed by atoms with van der Waals surface area (Å²) in [5.74, 6) is -0.0244. The zero-order chi connectivity index (χ0) is 7.19. The van der Waals surface area contributed by atoms with Crippen LogP contribution in [-0.4, -0.2) is 23.2 Å². The minimum Gasteiger partial charge on any atom is -0.480 e. The van der Waals surface area contributed by atoms with Crippen LogP contribution in [0, 0.1) is 5.92 Å². The molecule has 2 fully saturated rings. The Bertz CT molecular complexity index is 170. The highest BCUT2D eigenvalue weighted by Crippen LogP contribution is 2.39. The summed E-state index contributed by atoms with van der Waals surface area (Å²) in [6.45, 7) is 0.909. The van der Waals surface area contributed by atoms with Crippen LogP contribution in [0.2, 0.25) is 0 Å². The monoisotopic (exact) mass is 141 g/mol. The highest BCUT2D eigenvalue weighted by Gasteiger charge is 2.50. The Morgan fingerprint density at radius 2 is 2.50 bits per heavy atom. The molecule has 3 nitrogen and oxygen atoms in total. The molecular weight excluding hydrogens is 130 g/mol. The van der Waals surface area contributed by atoms with Crippen LogP contribution in [0.15, 0.2) is 0 Å². The van der Waals surface area contributed by atoms with E-state index in [-0.39, 0.29) is 0 Å². The van der Waals surface area contributed by atoms with Crippen LogP contribution in [0.25, 0.3) is 0 Å². The van der Waals surface area contributed by atoms with Gasteiger partial charge in [-0.1, -0.05) is 0 Å². The van der Waals surface area contributed by atoms with Gasteiger partial charge in [0.1, 0.15) is 5.54 Å². The van der Waals surface area contributed by atoms with E-state index in [4.69, 9.17) is 5.11 Å². The van der Waals surface area contributed by atoms with Gasteiger partial charge in [0, 0.05) is 0 Å². The molecule has 2 rings (SSSR count). The molecule has 2 atom stereocenters. The highest BCUT2D eigenvalue weighted by molar-refractivity contribution is 5.79. The number of carboxylic acids is 1. The first kappa shape index (κ1) is 6.16. The highest BCUT2D eigenvalue weighted by atomic mass is 16.4. The maximum atomic E-state index is 10.7. The van der Waals surface area contributed by atoms with Gasteiger partial charge in [-0.2, -0.15) is 0 Å². The molecule has 1 unspecified atom stereocenters. The van der Waals surface area contributed by atoms with Gasteiger partial charge in [-0.3, -0.25) is 4.79 Å². The SMILES string of the molecule is O=C(O)C12CC[C@@H](CN1)C2. The standard InChI is InChI=1S/C7H11NO2/c9-6(10)7-2-1-5(3-7)4-8-7/h5,8H,1-4H2,(H,9,10)/t5-,7?/m1/s1. The molecule has 0 aromatic heterocycles. The second kappa shape index (κ2) is 1.72. The van der Waals surface area contributed by atoms with Crippen molar-refractivity contribution in [2.24, 2.45) is 5.92 Å². The van der Waals surface area contributed by atoms with E-state index >= 15 is 0 Å². The third kappa shape index (κ3) is 0.611. The van der Waals surface area contributed by atoms with E-state index in [0.29, 0.717) is 5.92 Å². The fourth-order valence-electron chi connectivity index (χ4n) is 2.09. The summed E-state index contributed by atoms with van der Waals surface area (Å²) in [5, 5.41) is 11.9. The molecule has 1 aliphatic carbocycles. The lowest BCUT2D eigenvalue weighted by Gasteiger charge is -2.21. The molecule has 56 valence electrons. The van der Waals surface area contributed by atoms with E-state index in [1.807, 2.05) is 0 Å². The number of aliphatic carboxylic acids is 1. The molecule has 3 heteroatoms. The largest absolute Gasteiger partial charge is 0.480 e. The summed E-state index contributed by atoms with van der Waals surface area (Å²) in [5.41, 5.74) is -0.523. The van der Waals surface area contributed by atoms with E-state index in [1.54, 1.807) is 0 Å². The topological polar surface area (TPSA) is 49.3 Å². The first-order valence-corrected chi connectivity index (χ1v) is 3.71. The molecule has 0 aromatic rings. The van der Waals surface area contributed by atoms with E-state index in [0.717, 1.165) is 25.8 Å². The van der Waals surface area contributed by atoms with Gasteiger partial charge >= 0.3 is 5.97 Å². The van der Waals surface area contributed by atoms with Crippen LogP contribution in [0.4, 0.5) is 0 Å². The van der Waals surface area contributed by atoms with Crippen molar-refractivity contribution in [3.8, 4) is 0 Å². The molecule has 0 aromatic carbocycles. The molecule has 0 amide bonds. The summed E-state index contributed by atoms with van der Waals surface area (Å²) < 4.78 is 0. The predicted octanol–water partition coefficient (Wildman–Crippen LogP) is 0.213. The number of hydrogen-bond acceptors (Lipinski definition) is 2. The van der Waals surface area contributed by atoms with Gasteiger partial charge in [0.25, 0.3) is 0 Å². The second-order valence-electron chi connectivity index (χ2n) is 3.38. The molecule has 2 N–H and O–H groups in total. The number of carboxylic acid groups (broad SMARTS) is 1. The Hall–Kier alpha value is -0.570. The van der Waals surface area contributed by atoms with E-state index in [1.165, 1.54) is 0 Å². The number of carbonyl (C=O) groups is 1. The Kier molecular flexibility index (Phi) is 1.06. The van der Waals surface area contributed by atoms with Crippen LogP contribution in [-0.2, 0) is 4.79 Å². The van der Waals surface area contributed by atoms with Crippen LogP contribution in [0.3, 0.4) is 0 Å². The maximum Gasteiger partial charge on any atom is 0.323 e. The summed E-state index contributed by atoms with van der Waals surface area (Å²) in [7, 11) is 0. The molecule has 2 aliphatic rings. The number of piperidine rings is 1. The van der Waals surface area contributed by atoms with Gasteiger partial charge in [-0.05, 0) is 31.7 Å². The van der Waals surface area contributed by atoms with Crippen molar-refractivity contribution in [3.63, 3.8) is 0 Å². The van der Waals surface area contributed by atoms with Crippen molar-refractivity contribution in [1.29, 1.82) is 0 Å². The fraction of sp³-hybridized carbons (Fsp3) is 0.857. The van der Waals surface area contributed by atoms with Crippen molar-refractivity contribution in [1.82, 2.24) is 5.32 Å². The molecule has 2 bridgehead atoms. The Labute approximate surface area is 59.4 Å². The van der Waals surface area contributed by atoms with Crippen LogP contribution >= 0.6 is 0 Å². The van der Waals surface area contributed by atoms with Gasteiger partial charge in [0.05, 0.1) is 0 Å². The molecule has 10 heavy (non-hydrogen) atoms. The van der Waals surface area contributed by atoms with E-state index < -0.39 is 11.5 Å². The minimum atomic E-state index is -0.660. The average molecular weight is 141 g/mol. The lowest BCUT2D eigenvalue weighted by Crippen LogP contribution is -2.47. The molecule has 1 saturated heterocycles. The van der Waals surface area contributed by atoms with E-state index in [9.17, 15) is 4.79 Å². The van der Waals surface area contributed by atoms with Crippen molar-refractivity contribution >= 4 is 5.97 Å². The fourth-order valence-corrected chi connectivity index (χ4v) is 2.09. The Morgan fingerprint density at radius 1 is 1.70 bits per heavy atom. The first-order valence-electron chi connectivity index (χ1n) is 3.71. The Morgan fingerprint density at radius 3 is 2.70 bits per heavy atom.